The number of hydrogen-bond acceptors (Lipinski definition) is 10. The van der Waals surface area contributed by atoms with Gasteiger partial charge >= 0.3 is 35.5 Å². The average molecular weight is 593 g/mol. The van der Waals surface area contributed by atoms with Crippen molar-refractivity contribution >= 4 is 64.2 Å². The van der Waals surface area contributed by atoms with Gasteiger partial charge in [-0.3, -0.25) is 24.1 Å². The summed E-state index contributed by atoms with van der Waals surface area (Å²) >= 11 is 2.75. The van der Waals surface area contributed by atoms with Gasteiger partial charge in [0.15, 0.2) is 0 Å². The number of carboxylic acids is 1. The molecule has 0 unspecified atom stereocenters. The van der Waals surface area contributed by atoms with Crippen molar-refractivity contribution in [3.05, 3.63) is 64.0 Å². The van der Waals surface area contributed by atoms with Crippen LogP contribution in [0.1, 0.15) is 25.1 Å². The van der Waals surface area contributed by atoms with E-state index in [2.05, 4.69) is 10.4 Å². The van der Waals surface area contributed by atoms with Crippen LogP contribution >= 0.6 is 23.1 Å². The number of para-hydroxylation sites is 1. The van der Waals surface area contributed by atoms with E-state index in [0.717, 1.165) is 21.2 Å². The number of benzene rings is 1. The smallest absolute Gasteiger partial charge is 0.543 e. The van der Waals surface area contributed by atoms with Gasteiger partial charge in [-0.2, -0.15) is 5.10 Å². The fourth-order valence-electron chi connectivity index (χ4n) is 4.09. The Balaban J connectivity index is 0.000000264. The maximum Gasteiger partial charge on any atom is 1.00 e. The number of aliphatic carboxylic acids is 1. The Hall–Kier alpha value is -2.97. The Bertz CT molecular complexity index is 1350. The monoisotopic (exact) mass is 592 g/mol. The number of ether oxygens (including phenoxy) is 1. The molecule has 1 fully saturated rings. The topological polar surface area (TPSA) is 149 Å². The van der Waals surface area contributed by atoms with Crippen LogP contribution in [-0.2, 0) is 35.1 Å². The number of nitrogens with one attached hydrogen (secondary N) is 1. The van der Waals surface area contributed by atoms with Crippen molar-refractivity contribution in [2.45, 2.75) is 38.1 Å². The summed E-state index contributed by atoms with van der Waals surface area (Å²) in [5, 5.41) is 21.1. The summed E-state index contributed by atoms with van der Waals surface area (Å²) in [7, 11) is 0. The van der Waals surface area contributed by atoms with E-state index in [-0.39, 0.29) is 65.8 Å². The summed E-state index contributed by atoms with van der Waals surface area (Å²) < 4.78 is 4.85. The molecule has 40 heavy (non-hydrogen) atoms. The molecule has 0 bridgehead atoms. The number of esters is 1. The van der Waals surface area contributed by atoms with Crippen LogP contribution in [0.15, 0.2) is 64.2 Å². The SMILES string of the molecule is CC(=O)OCC1=C(C(=O)[O-])N2C(=O)[C@@H](NC(=O)Cc3cccs3)[C@H]2SC1.CC1=NN(c2ccccc2)C(=O)C1.[Na+]. The van der Waals surface area contributed by atoms with Gasteiger partial charge in [-0.1, -0.05) is 24.3 Å². The Morgan fingerprint density at radius 3 is 2.45 bits per heavy atom. The number of amides is 3. The first kappa shape index (κ1) is 31.6. The number of anilines is 1. The van der Waals surface area contributed by atoms with Crippen LogP contribution in [0.2, 0.25) is 0 Å². The molecule has 5 rings (SSSR count). The molecule has 1 N–H and O–H groups in total. The molecule has 3 aliphatic heterocycles. The van der Waals surface area contributed by atoms with E-state index in [1.54, 1.807) is 0 Å². The Kier molecular flexibility index (Phi) is 11.1. The van der Waals surface area contributed by atoms with Gasteiger partial charge in [0.2, 0.25) is 5.91 Å². The molecule has 1 aromatic carbocycles. The number of carbonyl (C=O) groups excluding carboxylic acids is 5. The molecule has 4 heterocycles. The van der Waals surface area contributed by atoms with Crippen molar-refractivity contribution in [2.75, 3.05) is 17.4 Å². The van der Waals surface area contributed by atoms with Crippen molar-refractivity contribution in [1.82, 2.24) is 10.2 Å². The van der Waals surface area contributed by atoms with E-state index in [4.69, 9.17) is 4.74 Å². The molecule has 0 aliphatic carbocycles. The van der Waals surface area contributed by atoms with Crippen LogP contribution < -0.4 is 45.0 Å². The predicted octanol–water partition coefficient (Wildman–Crippen LogP) is -1.94. The zero-order valence-electron chi connectivity index (χ0n) is 22.1. The maximum absolute atomic E-state index is 12.4. The Morgan fingerprint density at radius 2 is 1.88 bits per heavy atom. The number of hydrogen-bond donors (Lipinski definition) is 1. The van der Waals surface area contributed by atoms with Gasteiger partial charge in [0, 0.05) is 28.8 Å². The van der Waals surface area contributed by atoms with Crippen molar-refractivity contribution in [3.63, 3.8) is 0 Å². The number of thioether (sulfide) groups is 1. The molecule has 2 atom stereocenters. The molecule has 3 amide bonds. The molecule has 204 valence electrons. The summed E-state index contributed by atoms with van der Waals surface area (Å²) in [6.45, 7) is 2.87. The molecule has 2 aromatic rings. The van der Waals surface area contributed by atoms with Crippen molar-refractivity contribution < 1.29 is 63.4 Å². The largest absolute Gasteiger partial charge is 1.00 e. The first-order chi connectivity index (χ1) is 18.7. The molecule has 3 aliphatic rings. The molecule has 0 radical (unpaired) electrons. The fourth-order valence-corrected chi connectivity index (χ4v) is 6.12. The number of fused-ring (bicyclic) bond motifs is 1. The molecular formula is C26H25N4NaO7S2. The number of β-lactam (4-membered cyclic amide) rings is 1. The predicted molar refractivity (Wildman–Crippen MR) is 143 cm³/mol. The zero-order valence-corrected chi connectivity index (χ0v) is 25.8. The van der Waals surface area contributed by atoms with Gasteiger partial charge in [-0.05, 0) is 30.5 Å². The number of nitrogens with zero attached hydrogens (tertiary/aromatic N) is 3. The minimum atomic E-state index is -1.51. The molecule has 0 saturated carbocycles. The quantitative estimate of drug-likeness (QED) is 0.222. The van der Waals surface area contributed by atoms with Crippen LogP contribution in [0, 0.1) is 0 Å². The van der Waals surface area contributed by atoms with Gasteiger partial charge in [-0.25, -0.2) is 5.01 Å². The van der Waals surface area contributed by atoms with Gasteiger partial charge in [0.05, 0.1) is 30.2 Å². The van der Waals surface area contributed by atoms with Crippen molar-refractivity contribution in [3.8, 4) is 0 Å². The van der Waals surface area contributed by atoms with Crippen LogP contribution in [0.4, 0.5) is 5.69 Å². The third kappa shape index (κ3) is 7.40. The number of carboxylic acid groups (broad SMARTS) is 1. The Morgan fingerprint density at radius 1 is 1.15 bits per heavy atom. The molecule has 0 spiro atoms. The van der Waals surface area contributed by atoms with Gasteiger partial charge in [-0.15, -0.1) is 23.1 Å². The average Bonchev–Trinajstić information content (AvgIpc) is 3.54. The second kappa shape index (κ2) is 14.1. The van der Waals surface area contributed by atoms with E-state index in [1.165, 1.54) is 35.0 Å². The molecule has 11 nitrogen and oxygen atoms in total. The summed E-state index contributed by atoms with van der Waals surface area (Å²) in [5.74, 6) is -2.55. The summed E-state index contributed by atoms with van der Waals surface area (Å²) in [6.07, 6.45) is 0.606. The number of thiophene rings is 1. The fraction of sp³-hybridized carbons (Fsp3) is 0.308. The second-order valence-corrected chi connectivity index (χ2v) is 10.9. The summed E-state index contributed by atoms with van der Waals surface area (Å²) in [5.41, 5.74) is 1.74. The number of rotatable bonds is 7. The first-order valence-electron chi connectivity index (χ1n) is 11.9. The third-order valence-corrected chi connectivity index (χ3v) is 8.05. The van der Waals surface area contributed by atoms with E-state index in [1.807, 2.05) is 54.8 Å². The van der Waals surface area contributed by atoms with E-state index < -0.39 is 29.3 Å². The van der Waals surface area contributed by atoms with Crippen LogP contribution in [0.5, 0.6) is 0 Å². The van der Waals surface area contributed by atoms with Crippen molar-refractivity contribution in [1.29, 1.82) is 0 Å². The van der Waals surface area contributed by atoms with Crippen LogP contribution in [-0.4, -0.2) is 64.0 Å². The van der Waals surface area contributed by atoms with Gasteiger partial charge in [0.25, 0.3) is 11.8 Å². The summed E-state index contributed by atoms with van der Waals surface area (Å²) in [4.78, 5) is 60.3. The maximum atomic E-state index is 12.4. The summed E-state index contributed by atoms with van der Waals surface area (Å²) in [6, 6.07) is 12.3. The zero-order chi connectivity index (χ0) is 28.1. The first-order valence-corrected chi connectivity index (χ1v) is 13.8. The standard InChI is InChI=1S/C16H16N2O6S2.C10H10N2O.Na/c1-8(19)24-6-9-7-26-15-12(14(21)18(15)13(9)16(22)23)17-11(20)5-10-3-2-4-25-10;1-8-7-10(13)12(11-8)9-5-3-2-4-6-9;/h2-4,12,15H,5-7H2,1H3,(H,17,20)(H,22,23);2-6H,7H2,1H3;/q;;+1/p-1/t12-,15-;;/m1../s1. The minimum Gasteiger partial charge on any atom is -0.543 e. The Labute approximate surface area is 260 Å². The van der Waals surface area contributed by atoms with Gasteiger partial charge < -0.3 is 20.0 Å². The molecular weight excluding hydrogens is 567 g/mol. The van der Waals surface area contributed by atoms with Crippen LogP contribution in [0.3, 0.4) is 0 Å². The molecule has 14 heteroatoms. The van der Waals surface area contributed by atoms with Gasteiger partial charge in [0.1, 0.15) is 18.0 Å². The molecule has 1 saturated heterocycles. The van der Waals surface area contributed by atoms with E-state index in [0.29, 0.717) is 12.0 Å². The molecule has 1 aromatic heterocycles. The van der Waals surface area contributed by atoms with E-state index in [9.17, 15) is 29.1 Å². The normalized spacial score (nSPS) is 19.4. The van der Waals surface area contributed by atoms with Crippen molar-refractivity contribution in [2.24, 2.45) is 5.10 Å². The number of carbonyl (C=O) groups is 5. The van der Waals surface area contributed by atoms with E-state index >= 15 is 0 Å². The minimum absolute atomic E-state index is 0. The number of hydrazone groups is 1. The second-order valence-electron chi connectivity index (χ2n) is 8.78. The van der Waals surface area contributed by atoms with Crippen LogP contribution in [0.25, 0.3) is 0 Å². The third-order valence-electron chi connectivity index (χ3n) is 5.84.